The fraction of sp³-hybridized carbons (Fsp3) is 0.917. The number of amides is 1. The minimum Gasteiger partial charge on any atom is -0.359 e. The lowest BCUT2D eigenvalue weighted by atomic mass is 10.1. The molecule has 0 saturated carbocycles. The molecule has 0 bridgehead atoms. The Balaban J connectivity index is 1.97. The van der Waals surface area contributed by atoms with Crippen molar-refractivity contribution in [2.75, 3.05) is 39.8 Å². The highest BCUT2D eigenvalue weighted by Gasteiger charge is 2.14. The molecule has 0 radical (unpaired) electrons. The number of hydrogen-bond acceptors (Lipinski definition) is 3. The zero-order valence-corrected chi connectivity index (χ0v) is 10.6. The van der Waals surface area contributed by atoms with E-state index >= 15 is 0 Å². The van der Waals surface area contributed by atoms with E-state index in [0.29, 0.717) is 12.3 Å². The van der Waals surface area contributed by atoms with Gasteiger partial charge in [-0.15, -0.1) is 0 Å². The van der Waals surface area contributed by atoms with Crippen LogP contribution in [0.4, 0.5) is 0 Å². The molecule has 1 fully saturated rings. The summed E-state index contributed by atoms with van der Waals surface area (Å²) >= 11 is 0. The number of rotatable bonds is 7. The highest BCUT2D eigenvalue weighted by atomic mass is 16.1. The largest absolute Gasteiger partial charge is 0.359 e. The van der Waals surface area contributed by atoms with E-state index in [4.69, 9.17) is 0 Å². The molecular weight excluding hydrogens is 202 g/mol. The van der Waals surface area contributed by atoms with E-state index in [1.54, 1.807) is 7.05 Å². The molecule has 94 valence electrons. The normalized spacial score (nSPS) is 18.6. The fourth-order valence-corrected chi connectivity index (χ4v) is 2.15. The molecule has 1 aliphatic heterocycles. The number of carbonyl (C=O) groups excluding carboxylic acids is 1. The number of carbonyl (C=O) groups is 1. The second-order valence-corrected chi connectivity index (χ2v) is 4.74. The lowest BCUT2D eigenvalue weighted by Crippen LogP contribution is -2.33. The Morgan fingerprint density at radius 3 is 2.69 bits per heavy atom. The maximum Gasteiger partial charge on any atom is 0.221 e. The molecule has 1 amide bonds. The van der Waals surface area contributed by atoms with Crippen LogP contribution in [-0.4, -0.2) is 50.6 Å². The van der Waals surface area contributed by atoms with Gasteiger partial charge >= 0.3 is 0 Å². The Bertz CT molecular complexity index is 202. The third-order valence-corrected chi connectivity index (χ3v) is 3.07. The first kappa shape index (κ1) is 13.5. The van der Waals surface area contributed by atoms with Gasteiger partial charge in [-0.25, -0.2) is 0 Å². The molecule has 1 rings (SSSR count). The fourth-order valence-electron chi connectivity index (χ4n) is 2.15. The second kappa shape index (κ2) is 7.63. The molecule has 1 unspecified atom stereocenters. The van der Waals surface area contributed by atoms with Crippen molar-refractivity contribution in [1.82, 2.24) is 15.5 Å². The summed E-state index contributed by atoms with van der Waals surface area (Å²) in [6.45, 7) is 7.78. The topological polar surface area (TPSA) is 44.4 Å². The molecule has 1 atom stereocenters. The van der Waals surface area contributed by atoms with E-state index in [9.17, 15) is 4.79 Å². The Kier molecular flexibility index (Phi) is 6.42. The Labute approximate surface area is 98.8 Å². The van der Waals surface area contributed by atoms with Crippen LogP contribution in [0.1, 0.15) is 26.2 Å². The van der Waals surface area contributed by atoms with Gasteiger partial charge in [-0.2, -0.15) is 0 Å². The molecule has 1 saturated heterocycles. The standard InChI is InChI=1S/C12H25N3O/c1-11(10-15-7-3-4-8-15)9-14-6-5-12(16)13-2/h11,14H,3-10H2,1-2H3,(H,13,16). The van der Waals surface area contributed by atoms with Crippen molar-refractivity contribution in [2.45, 2.75) is 26.2 Å². The van der Waals surface area contributed by atoms with Gasteiger partial charge in [0.15, 0.2) is 0 Å². The van der Waals surface area contributed by atoms with E-state index in [1.807, 2.05) is 0 Å². The third kappa shape index (κ3) is 5.47. The molecule has 1 aliphatic rings. The highest BCUT2D eigenvalue weighted by molar-refractivity contribution is 5.75. The van der Waals surface area contributed by atoms with Crippen LogP contribution in [0.5, 0.6) is 0 Å². The number of nitrogens with one attached hydrogen (secondary N) is 2. The zero-order chi connectivity index (χ0) is 11.8. The first-order valence-corrected chi connectivity index (χ1v) is 6.36. The molecule has 2 N–H and O–H groups in total. The van der Waals surface area contributed by atoms with Crippen molar-refractivity contribution in [3.05, 3.63) is 0 Å². The second-order valence-electron chi connectivity index (χ2n) is 4.74. The molecular formula is C12H25N3O. The number of hydrogen-bond donors (Lipinski definition) is 2. The Hall–Kier alpha value is -0.610. The van der Waals surface area contributed by atoms with Crippen molar-refractivity contribution in [1.29, 1.82) is 0 Å². The van der Waals surface area contributed by atoms with Crippen molar-refractivity contribution in [3.63, 3.8) is 0 Å². The van der Waals surface area contributed by atoms with Gasteiger partial charge in [0.05, 0.1) is 0 Å². The quantitative estimate of drug-likeness (QED) is 0.621. The van der Waals surface area contributed by atoms with E-state index in [-0.39, 0.29) is 5.91 Å². The van der Waals surface area contributed by atoms with Gasteiger partial charge in [-0.1, -0.05) is 6.92 Å². The van der Waals surface area contributed by atoms with Crippen LogP contribution >= 0.6 is 0 Å². The van der Waals surface area contributed by atoms with Crippen molar-refractivity contribution >= 4 is 5.91 Å². The van der Waals surface area contributed by atoms with Gasteiger partial charge in [0.2, 0.25) is 5.91 Å². The number of likely N-dealkylation sites (tertiary alicyclic amines) is 1. The molecule has 0 aromatic rings. The Morgan fingerprint density at radius 2 is 2.06 bits per heavy atom. The van der Waals surface area contributed by atoms with E-state index < -0.39 is 0 Å². The van der Waals surface area contributed by atoms with Crippen molar-refractivity contribution < 1.29 is 4.79 Å². The summed E-state index contributed by atoms with van der Waals surface area (Å²) < 4.78 is 0. The van der Waals surface area contributed by atoms with Gasteiger partial charge in [0.25, 0.3) is 0 Å². The van der Waals surface area contributed by atoms with E-state index in [0.717, 1.165) is 13.1 Å². The first-order valence-electron chi connectivity index (χ1n) is 6.36. The minimum absolute atomic E-state index is 0.111. The highest BCUT2D eigenvalue weighted by Crippen LogP contribution is 2.09. The van der Waals surface area contributed by atoms with Crippen LogP contribution in [0.3, 0.4) is 0 Å². The van der Waals surface area contributed by atoms with Gasteiger partial charge in [-0.3, -0.25) is 4.79 Å². The summed E-state index contributed by atoms with van der Waals surface area (Å²) in [6, 6.07) is 0. The molecule has 0 aromatic carbocycles. The molecule has 4 heteroatoms. The monoisotopic (exact) mass is 227 g/mol. The van der Waals surface area contributed by atoms with Gasteiger partial charge < -0.3 is 15.5 Å². The van der Waals surface area contributed by atoms with Gasteiger partial charge in [0, 0.05) is 26.6 Å². The predicted octanol–water partition coefficient (Wildman–Crippen LogP) is 0.444. The summed E-state index contributed by atoms with van der Waals surface area (Å²) in [7, 11) is 1.68. The van der Waals surface area contributed by atoms with Crippen molar-refractivity contribution in [2.24, 2.45) is 5.92 Å². The molecule has 1 heterocycles. The third-order valence-electron chi connectivity index (χ3n) is 3.07. The zero-order valence-electron chi connectivity index (χ0n) is 10.6. The van der Waals surface area contributed by atoms with Crippen LogP contribution < -0.4 is 10.6 Å². The summed E-state index contributed by atoms with van der Waals surface area (Å²) in [6.07, 6.45) is 3.29. The molecule has 0 spiro atoms. The van der Waals surface area contributed by atoms with E-state index in [1.165, 1.54) is 32.5 Å². The van der Waals surface area contributed by atoms with Crippen LogP contribution in [0.2, 0.25) is 0 Å². The van der Waals surface area contributed by atoms with Crippen molar-refractivity contribution in [3.8, 4) is 0 Å². The average molecular weight is 227 g/mol. The van der Waals surface area contributed by atoms with E-state index in [2.05, 4.69) is 22.5 Å². The first-order chi connectivity index (χ1) is 7.72. The summed E-state index contributed by atoms with van der Waals surface area (Å²) in [5.41, 5.74) is 0. The smallest absolute Gasteiger partial charge is 0.221 e. The average Bonchev–Trinajstić information content (AvgIpc) is 2.76. The summed E-state index contributed by atoms with van der Waals surface area (Å²) in [5, 5.41) is 5.96. The minimum atomic E-state index is 0.111. The van der Waals surface area contributed by atoms with Crippen LogP contribution in [0, 0.1) is 5.92 Å². The molecule has 0 aliphatic carbocycles. The Morgan fingerprint density at radius 1 is 1.38 bits per heavy atom. The molecule has 0 aromatic heterocycles. The van der Waals surface area contributed by atoms with Gasteiger partial charge in [-0.05, 0) is 38.4 Å². The summed E-state index contributed by atoms with van der Waals surface area (Å²) in [5.74, 6) is 0.780. The maximum atomic E-state index is 11.0. The number of nitrogens with zero attached hydrogens (tertiary/aromatic N) is 1. The van der Waals surface area contributed by atoms with Crippen LogP contribution in [0.15, 0.2) is 0 Å². The SMILES string of the molecule is CNC(=O)CCNCC(C)CN1CCCC1. The maximum absolute atomic E-state index is 11.0. The lowest BCUT2D eigenvalue weighted by Gasteiger charge is -2.20. The molecule has 4 nitrogen and oxygen atoms in total. The summed E-state index contributed by atoms with van der Waals surface area (Å²) in [4.78, 5) is 13.5. The van der Waals surface area contributed by atoms with Crippen LogP contribution in [-0.2, 0) is 4.79 Å². The van der Waals surface area contributed by atoms with Gasteiger partial charge in [0.1, 0.15) is 0 Å². The lowest BCUT2D eigenvalue weighted by molar-refractivity contribution is -0.120. The van der Waals surface area contributed by atoms with Crippen LogP contribution in [0.25, 0.3) is 0 Å². The molecule has 16 heavy (non-hydrogen) atoms. The predicted molar refractivity (Wildman–Crippen MR) is 66.4 cm³/mol.